The molecule has 6 heteroatoms. The molecule has 0 radical (unpaired) electrons. The van der Waals surface area contributed by atoms with Crippen LogP contribution in [0.5, 0.6) is 0 Å². The van der Waals surface area contributed by atoms with Gasteiger partial charge in [-0.15, -0.1) is 0 Å². The molecule has 0 fully saturated rings. The number of aromatic nitrogens is 3. The molecular weight excluding hydrogens is 326 g/mol. The van der Waals surface area contributed by atoms with Gasteiger partial charge in [-0.2, -0.15) is 0 Å². The summed E-state index contributed by atoms with van der Waals surface area (Å²) >= 11 is 0. The molecule has 0 spiro atoms. The minimum absolute atomic E-state index is 0.290. The fourth-order valence-corrected chi connectivity index (χ4v) is 3.06. The third-order valence-corrected chi connectivity index (χ3v) is 4.13. The smallest absolute Gasteiger partial charge is 0.267 e. The number of amides is 1. The second kappa shape index (κ2) is 6.40. The van der Waals surface area contributed by atoms with Crippen molar-refractivity contribution in [3.63, 3.8) is 0 Å². The second-order valence-electron chi connectivity index (χ2n) is 6.10. The molecule has 0 saturated heterocycles. The molecule has 0 unspecified atom stereocenters. The molecule has 2 aromatic carbocycles. The third-order valence-electron chi connectivity index (χ3n) is 4.13. The number of nitrogens with zero attached hydrogens (tertiary/aromatic N) is 3. The topological polar surface area (TPSA) is 79.8 Å². The van der Waals surface area contributed by atoms with Gasteiger partial charge in [0, 0.05) is 23.0 Å². The van der Waals surface area contributed by atoms with Crippen molar-refractivity contribution in [1.29, 1.82) is 0 Å². The van der Waals surface area contributed by atoms with Gasteiger partial charge in [-0.05, 0) is 42.8 Å². The van der Waals surface area contributed by atoms with Gasteiger partial charge in [-0.3, -0.25) is 20.6 Å². The van der Waals surface area contributed by atoms with E-state index >= 15 is 0 Å². The largest absolute Gasteiger partial charge is 0.271 e. The molecule has 0 aliphatic rings. The Morgan fingerprint density at radius 3 is 2.46 bits per heavy atom. The first-order valence-corrected chi connectivity index (χ1v) is 8.27. The Morgan fingerprint density at radius 1 is 0.923 bits per heavy atom. The van der Waals surface area contributed by atoms with Crippen molar-refractivity contribution >= 4 is 33.5 Å². The van der Waals surface area contributed by atoms with Crippen molar-refractivity contribution < 1.29 is 4.79 Å². The number of hydrogen-bond acceptors (Lipinski definition) is 5. The van der Waals surface area contributed by atoms with Crippen LogP contribution < -0.4 is 10.9 Å². The predicted octanol–water partition coefficient (Wildman–Crippen LogP) is 3.55. The van der Waals surface area contributed by atoms with E-state index in [0.717, 1.165) is 27.5 Å². The van der Waals surface area contributed by atoms with Crippen LogP contribution in [0.2, 0.25) is 0 Å². The number of carbonyl (C=O) groups excluding carboxylic acids is 1. The highest BCUT2D eigenvalue weighted by Gasteiger charge is 2.14. The number of carbonyl (C=O) groups is 1. The summed E-state index contributed by atoms with van der Waals surface area (Å²) in [7, 11) is 0. The second-order valence-corrected chi connectivity index (χ2v) is 6.10. The van der Waals surface area contributed by atoms with E-state index in [-0.39, 0.29) is 5.91 Å². The van der Waals surface area contributed by atoms with Crippen LogP contribution in [0.15, 0.2) is 54.7 Å². The summed E-state index contributed by atoms with van der Waals surface area (Å²) in [6.45, 7) is 3.75. The first-order valence-electron chi connectivity index (χ1n) is 8.27. The van der Waals surface area contributed by atoms with Gasteiger partial charge in [-0.25, -0.2) is 9.97 Å². The molecule has 4 aromatic rings. The molecule has 0 atom stereocenters. The summed E-state index contributed by atoms with van der Waals surface area (Å²) in [6.07, 6.45) is 1.69. The predicted molar refractivity (Wildman–Crippen MR) is 102 cm³/mol. The Kier molecular flexibility index (Phi) is 3.93. The molecule has 6 nitrogen and oxygen atoms in total. The summed E-state index contributed by atoms with van der Waals surface area (Å²) in [6, 6.07) is 15.5. The maximum atomic E-state index is 12.8. The molecule has 26 heavy (non-hydrogen) atoms. The van der Waals surface area contributed by atoms with Crippen molar-refractivity contribution in [3.05, 3.63) is 71.7 Å². The molecule has 2 N–H and O–H groups in total. The van der Waals surface area contributed by atoms with Crippen molar-refractivity contribution in [1.82, 2.24) is 20.4 Å². The van der Waals surface area contributed by atoms with Gasteiger partial charge in [0.25, 0.3) is 5.91 Å². The molecule has 0 aliphatic heterocycles. The summed E-state index contributed by atoms with van der Waals surface area (Å²) in [4.78, 5) is 25.7. The van der Waals surface area contributed by atoms with Crippen LogP contribution in [0, 0.1) is 13.8 Å². The standard InChI is InChI=1S/C20H17N5O/c1-12-10-13(2)23-20(22-12)25-24-19(26)17-11-14-6-3-4-7-15(14)16-8-5-9-21-18(16)17/h3-11H,1-2H3,(H,24,26)(H,22,23,25). The average Bonchev–Trinajstić information content (AvgIpc) is 2.65. The fourth-order valence-electron chi connectivity index (χ4n) is 3.06. The quantitative estimate of drug-likeness (QED) is 0.439. The zero-order valence-corrected chi connectivity index (χ0v) is 14.4. The van der Waals surface area contributed by atoms with Gasteiger partial charge >= 0.3 is 0 Å². The molecule has 2 aromatic heterocycles. The van der Waals surface area contributed by atoms with Crippen LogP contribution in [0.25, 0.3) is 21.7 Å². The van der Waals surface area contributed by atoms with E-state index in [9.17, 15) is 4.79 Å². The molecule has 0 bridgehead atoms. The van der Waals surface area contributed by atoms with Gasteiger partial charge < -0.3 is 0 Å². The van der Waals surface area contributed by atoms with Crippen molar-refractivity contribution in [2.75, 3.05) is 5.43 Å². The van der Waals surface area contributed by atoms with E-state index in [4.69, 9.17) is 0 Å². The molecule has 2 heterocycles. The van der Waals surface area contributed by atoms with E-state index < -0.39 is 0 Å². The van der Waals surface area contributed by atoms with Crippen LogP contribution in [0.1, 0.15) is 21.7 Å². The monoisotopic (exact) mass is 343 g/mol. The highest BCUT2D eigenvalue weighted by atomic mass is 16.2. The Morgan fingerprint density at radius 2 is 1.65 bits per heavy atom. The van der Waals surface area contributed by atoms with Crippen LogP contribution in [-0.2, 0) is 0 Å². The summed E-state index contributed by atoms with van der Waals surface area (Å²) in [5.41, 5.74) is 8.27. The Bertz CT molecular complexity index is 1120. The van der Waals surface area contributed by atoms with Crippen LogP contribution in [0.3, 0.4) is 0 Å². The number of fused-ring (bicyclic) bond motifs is 3. The first-order chi connectivity index (χ1) is 12.6. The zero-order valence-electron chi connectivity index (χ0n) is 14.4. The van der Waals surface area contributed by atoms with Crippen molar-refractivity contribution in [2.45, 2.75) is 13.8 Å². The molecule has 0 aliphatic carbocycles. The molecule has 4 rings (SSSR count). The van der Waals surface area contributed by atoms with Crippen molar-refractivity contribution in [2.24, 2.45) is 0 Å². The number of hydrazine groups is 1. The highest BCUT2D eigenvalue weighted by Crippen LogP contribution is 2.27. The number of nitrogens with one attached hydrogen (secondary N) is 2. The molecule has 128 valence electrons. The fraction of sp³-hybridized carbons (Fsp3) is 0.100. The Hall–Kier alpha value is -3.54. The Balaban J connectivity index is 1.71. The zero-order chi connectivity index (χ0) is 18.1. The molecule has 1 amide bonds. The normalized spacial score (nSPS) is 10.8. The lowest BCUT2D eigenvalue weighted by molar-refractivity contribution is 0.0964. The lowest BCUT2D eigenvalue weighted by Gasteiger charge is -2.11. The van der Waals surface area contributed by atoms with Crippen LogP contribution in [0.4, 0.5) is 5.95 Å². The molecular formula is C20H17N5O. The maximum absolute atomic E-state index is 12.8. The van der Waals surface area contributed by atoms with E-state index in [1.54, 1.807) is 6.20 Å². The summed E-state index contributed by atoms with van der Waals surface area (Å²) in [5.74, 6) is 0.0658. The lowest BCUT2D eigenvalue weighted by Crippen LogP contribution is -2.30. The SMILES string of the molecule is Cc1cc(C)nc(NNC(=O)c2cc3ccccc3c3cccnc23)n1. The van der Waals surface area contributed by atoms with E-state index in [0.29, 0.717) is 17.0 Å². The van der Waals surface area contributed by atoms with Gasteiger partial charge in [-0.1, -0.05) is 30.3 Å². The van der Waals surface area contributed by atoms with E-state index in [2.05, 4.69) is 25.8 Å². The third kappa shape index (κ3) is 2.93. The van der Waals surface area contributed by atoms with Crippen molar-refractivity contribution in [3.8, 4) is 0 Å². The number of anilines is 1. The number of benzene rings is 2. The average molecular weight is 343 g/mol. The number of pyridine rings is 1. The number of hydrogen-bond donors (Lipinski definition) is 2. The van der Waals surface area contributed by atoms with Crippen LogP contribution in [-0.4, -0.2) is 20.9 Å². The van der Waals surface area contributed by atoms with E-state index in [1.807, 2.05) is 62.4 Å². The number of rotatable bonds is 3. The first kappa shape index (κ1) is 16.0. The van der Waals surface area contributed by atoms with Gasteiger partial charge in [0.15, 0.2) is 0 Å². The van der Waals surface area contributed by atoms with Crippen LogP contribution >= 0.6 is 0 Å². The minimum atomic E-state index is -0.290. The number of aryl methyl sites for hydroxylation is 2. The van der Waals surface area contributed by atoms with Gasteiger partial charge in [0.05, 0.1) is 11.1 Å². The highest BCUT2D eigenvalue weighted by molar-refractivity contribution is 6.15. The van der Waals surface area contributed by atoms with E-state index in [1.165, 1.54) is 0 Å². The van der Waals surface area contributed by atoms with Gasteiger partial charge in [0.1, 0.15) is 0 Å². The van der Waals surface area contributed by atoms with Gasteiger partial charge in [0.2, 0.25) is 5.95 Å². The lowest BCUT2D eigenvalue weighted by atomic mass is 10.0. The summed E-state index contributed by atoms with van der Waals surface area (Å²) in [5, 5.41) is 3.00. The minimum Gasteiger partial charge on any atom is -0.267 e. The maximum Gasteiger partial charge on any atom is 0.271 e. The Labute approximate surface area is 150 Å². The summed E-state index contributed by atoms with van der Waals surface area (Å²) < 4.78 is 0. The molecule has 0 saturated carbocycles.